The molecule has 1 N–H and O–H groups in total. The number of nitrogens with zero attached hydrogens (tertiary/aromatic N) is 4. The van der Waals surface area contributed by atoms with Crippen LogP contribution in [0.3, 0.4) is 0 Å². The van der Waals surface area contributed by atoms with E-state index in [1.54, 1.807) is 49.4 Å². The molecular formula is C19H14ClN5O4S. The lowest BCUT2D eigenvalue weighted by Crippen LogP contribution is -2.16. The van der Waals surface area contributed by atoms with Gasteiger partial charge in [-0.3, -0.25) is 5.32 Å². The number of nitrogens with one attached hydrogen (secondary N) is 1. The number of ether oxygens (including phenoxy) is 1. The Morgan fingerprint density at radius 1 is 1.20 bits per heavy atom. The lowest BCUT2D eigenvalue weighted by molar-refractivity contribution is 0.216. The fraction of sp³-hybridized carbons (Fsp3) is 0.105. The van der Waals surface area contributed by atoms with E-state index in [1.807, 2.05) is 0 Å². The summed E-state index contributed by atoms with van der Waals surface area (Å²) in [5, 5.41) is 11.3. The zero-order chi connectivity index (χ0) is 21.3. The van der Waals surface area contributed by atoms with Crippen LogP contribution < -0.4 is 15.8 Å². The number of aryl methyl sites for hydroxylation is 2. The minimum atomic E-state index is -0.637. The Hall–Kier alpha value is -3.50. The van der Waals surface area contributed by atoms with Gasteiger partial charge in [0, 0.05) is 40.4 Å². The minimum absolute atomic E-state index is 0.203. The van der Waals surface area contributed by atoms with Crippen molar-refractivity contribution >= 4 is 34.9 Å². The molecule has 4 rings (SSSR count). The summed E-state index contributed by atoms with van der Waals surface area (Å²) in [6.07, 6.45) is -0.637. The van der Waals surface area contributed by atoms with E-state index in [1.165, 1.54) is 7.05 Å². The lowest BCUT2D eigenvalue weighted by atomic mass is 10.0. The molecule has 0 aliphatic rings. The first-order valence-electron chi connectivity index (χ1n) is 8.63. The van der Waals surface area contributed by atoms with Gasteiger partial charge < -0.3 is 9.15 Å². The maximum atomic E-state index is 12.0. The van der Waals surface area contributed by atoms with E-state index >= 15 is 0 Å². The van der Waals surface area contributed by atoms with Crippen LogP contribution in [-0.2, 0) is 7.05 Å². The van der Waals surface area contributed by atoms with Crippen molar-refractivity contribution in [2.45, 2.75) is 6.92 Å². The van der Waals surface area contributed by atoms with Gasteiger partial charge in [0.05, 0.1) is 0 Å². The summed E-state index contributed by atoms with van der Waals surface area (Å²) in [5.74, 6) is -0.345. The Labute approximate surface area is 179 Å². The third-order valence-electron chi connectivity index (χ3n) is 4.14. The van der Waals surface area contributed by atoms with Gasteiger partial charge in [0.1, 0.15) is 5.69 Å². The molecule has 30 heavy (non-hydrogen) atoms. The predicted octanol–water partition coefficient (Wildman–Crippen LogP) is 4.13. The molecule has 1 amide bonds. The molecule has 0 spiro atoms. The van der Waals surface area contributed by atoms with Gasteiger partial charge in [0.2, 0.25) is 11.0 Å². The number of amides is 1. The van der Waals surface area contributed by atoms with Gasteiger partial charge in [0.25, 0.3) is 0 Å². The molecule has 2 heterocycles. The molecule has 0 radical (unpaired) electrons. The van der Waals surface area contributed by atoms with Crippen molar-refractivity contribution in [1.29, 1.82) is 0 Å². The quantitative estimate of drug-likeness (QED) is 0.504. The van der Waals surface area contributed by atoms with Crippen LogP contribution in [0.4, 0.5) is 10.5 Å². The van der Waals surface area contributed by atoms with Crippen LogP contribution in [0, 0.1) is 6.92 Å². The van der Waals surface area contributed by atoms with E-state index in [9.17, 15) is 9.59 Å². The number of carbonyl (C=O) groups is 1. The summed E-state index contributed by atoms with van der Waals surface area (Å²) < 4.78 is 15.1. The minimum Gasteiger partial charge on any atom is -0.395 e. The zero-order valence-corrected chi connectivity index (χ0v) is 17.3. The first-order chi connectivity index (χ1) is 14.4. The van der Waals surface area contributed by atoms with Crippen LogP contribution in [0.1, 0.15) is 5.69 Å². The number of benzene rings is 2. The maximum Gasteiger partial charge on any atom is 0.437 e. The van der Waals surface area contributed by atoms with Crippen LogP contribution in [0.5, 0.6) is 5.06 Å². The second kappa shape index (κ2) is 8.09. The maximum absolute atomic E-state index is 12.0. The van der Waals surface area contributed by atoms with Crippen molar-refractivity contribution in [3.8, 4) is 27.6 Å². The number of aromatic nitrogens is 4. The number of halogens is 1. The molecular weight excluding hydrogens is 430 g/mol. The fourth-order valence-corrected chi connectivity index (χ4v) is 3.37. The van der Waals surface area contributed by atoms with Crippen LogP contribution >= 0.6 is 23.1 Å². The molecule has 2 aromatic carbocycles. The van der Waals surface area contributed by atoms with Gasteiger partial charge in [-0.25, -0.2) is 9.59 Å². The first kappa shape index (κ1) is 19.8. The van der Waals surface area contributed by atoms with Gasteiger partial charge >= 0.3 is 11.8 Å². The van der Waals surface area contributed by atoms with E-state index in [2.05, 4.69) is 20.0 Å². The average molecular weight is 444 g/mol. The molecule has 4 aromatic rings. The largest absolute Gasteiger partial charge is 0.437 e. The highest BCUT2D eigenvalue weighted by molar-refractivity contribution is 7.07. The van der Waals surface area contributed by atoms with E-state index in [0.717, 1.165) is 27.3 Å². The Kier molecular flexibility index (Phi) is 5.34. The third kappa shape index (κ3) is 4.09. The molecule has 152 valence electrons. The van der Waals surface area contributed by atoms with Crippen molar-refractivity contribution in [1.82, 2.24) is 19.4 Å². The summed E-state index contributed by atoms with van der Waals surface area (Å²) >= 11 is 7.35. The smallest absolute Gasteiger partial charge is 0.395 e. The van der Waals surface area contributed by atoms with Crippen molar-refractivity contribution in [3.63, 3.8) is 0 Å². The van der Waals surface area contributed by atoms with Crippen LogP contribution in [-0.4, -0.2) is 25.5 Å². The van der Waals surface area contributed by atoms with Crippen LogP contribution in [0.2, 0.25) is 5.02 Å². The van der Waals surface area contributed by atoms with Gasteiger partial charge in [-0.1, -0.05) is 28.2 Å². The Balaban J connectivity index is 1.53. The molecule has 0 unspecified atom stereocenters. The van der Waals surface area contributed by atoms with E-state index < -0.39 is 11.8 Å². The molecule has 0 saturated heterocycles. The number of rotatable bonds is 4. The summed E-state index contributed by atoms with van der Waals surface area (Å²) in [4.78, 5) is 23.6. The normalized spacial score (nSPS) is 10.8. The van der Waals surface area contributed by atoms with Gasteiger partial charge in [-0.15, -0.1) is 10.2 Å². The molecule has 2 aromatic heterocycles. The molecule has 11 heteroatoms. The fourth-order valence-electron chi connectivity index (χ4n) is 2.62. The molecule has 0 fully saturated rings. The number of hydrogen-bond acceptors (Lipinski definition) is 8. The number of hydrogen-bond donors (Lipinski definition) is 1. The molecule has 0 aliphatic carbocycles. The highest BCUT2D eigenvalue weighted by Crippen LogP contribution is 2.32. The monoisotopic (exact) mass is 443 g/mol. The summed E-state index contributed by atoms with van der Waals surface area (Å²) in [7, 11) is 1.51. The zero-order valence-electron chi connectivity index (χ0n) is 15.7. The molecule has 0 bridgehead atoms. The first-order valence-corrected chi connectivity index (χ1v) is 9.78. The lowest BCUT2D eigenvalue weighted by Gasteiger charge is -2.09. The van der Waals surface area contributed by atoms with Gasteiger partial charge in [-0.2, -0.15) is 4.68 Å². The predicted molar refractivity (Wildman–Crippen MR) is 112 cm³/mol. The average Bonchev–Trinajstić information content (AvgIpc) is 3.28. The van der Waals surface area contributed by atoms with E-state index in [-0.39, 0.29) is 5.89 Å². The number of anilines is 1. The van der Waals surface area contributed by atoms with Crippen molar-refractivity contribution < 1.29 is 13.9 Å². The standard InChI is InChI=1S/C19H14ClN5O4S/c1-10-17(30-24-22-10)29-18(26)21-13-6-3-11(4-7-13)14-9-12(5-8-15(14)20)16-23-25(2)19(27)28-16/h3-9H,1-2H3,(H,21,26). The highest BCUT2D eigenvalue weighted by atomic mass is 35.5. The topological polar surface area (TPSA) is 112 Å². The third-order valence-corrected chi connectivity index (χ3v) is 5.18. The Morgan fingerprint density at radius 2 is 1.93 bits per heavy atom. The molecule has 0 aliphatic heterocycles. The number of carbonyl (C=O) groups excluding carboxylic acids is 1. The van der Waals surface area contributed by atoms with Crippen LogP contribution in [0.15, 0.2) is 51.7 Å². The van der Waals surface area contributed by atoms with Crippen molar-refractivity contribution in [2.24, 2.45) is 7.05 Å². The molecule has 0 saturated carbocycles. The summed E-state index contributed by atoms with van der Waals surface area (Å²) in [6, 6.07) is 12.2. The Morgan fingerprint density at radius 3 is 2.57 bits per heavy atom. The van der Waals surface area contributed by atoms with Gasteiger partial charge in [-0.05, 0) is 42.8 Å². The molecule has 9 nitrogen and oxygen atoms in total. The van der Waals surface area contributed by atoms with Gasteiger partial charge in [0.15, 0.2) is 0 Å². The highest BCUT2D eigenvalue weighted by Gasteiger charge is 2.13. The van der Waals surface area contributed by atoms with Crippen LogP contribution in [0.25, 0.3) is 22.6 Å². The molecule has 0 atom stereocenters. The van der Waals surface area contributed by atoms with Crippen molar-refractivity contribution in [3.05, 3.63) is 63.7 Å². The Bertz CT molecular complexity index is 1280. The second-order valence-corrected chi connectivity index (χ2v) is 7.35. The van der Waals surface area contributed by atoms with E-state index in [4.69, 9.17) is 20.8 Å². The SMILES string of the molecule is Cc1nnsc1OC(=O)Nc1ccc(-c2cc(-c3nn(C)c(=O)o3)ccc2Cl)cc1. The van der Waals surface area contributed by atoms with E-state index in [0.29, 0.717) is 27.0 Å². The second-order valence-electron chi connectivity index (χ2n) is 6.23. The summed E-state index contributed by atoms with van der Waals surface area (Å²) in [5.41, 5.74) is 3.24. The van der Waals surface area contributed by atoms with Crippen molar-refractivity contribution in [2.75, 3.05) is 5.32 Å². The summed E-state index contributed by atoms with van der Waals surface area (Å²) in [6.45, 7) is 1.70.